The van der Waals surface area contributed by atoms with Crippen molar-refractivity contribution in [1.29, 1.82) is 0 Å². The fraction of sp³-hybridized carbons (Fsp3) is 0.579. The molecule has 8 nitrogen and oxygen atoms in total. The Balaban J connectivity index is 0. The fourth-order valence-corrected chi connectivity index (χ4v) is 1.48. The van der Waals surface area contributed by atoms with Crippen LogP contribution in [0.2, 0.25) is 0 Å². The van der Waals surface area contributed by atoms with Gasteiger partial charge in [-0.15, -0.1) is 0 Å². The summed E-state index contributed by atoms with van der Waals surface area (Å²) in [4.78, 5) is 20.9. The zero-order valence-electron chi connectivity index (χ0n) is 16.0. The van der Waals surface area contributed by atoms with Crippen LogP contribution in [0.3, 0.4) is 0 Å². The maximum absolute atomic E-state index is 10.5. The van der Waals surface area contributed by atoms with Crippen LogP contribution in [0.1, 0.15) is 60.2 Å². The Morgan fingerprint density at radius 3 is 1.26 bits per heavy atom. The SMILES string of the molecule is CC(C)(CO)CO.O=C(O)c1ccccc1C(=O)O.OCCCCCCO. The van der Waals surface area contributed by atoms with Crippen molar-refractivity contribution in [2.45, 2.75) is 39.5 Å². The first-order valence-electron chi connectivity index (χ1n) is 8.65. The molecule has 0 heterocycles. The van der Waals surface area contributed by atoms with Gasteiger partial charge >= 0.3 is 11.9 Å². The summed E-state index contributed by atoms with van der Waals surface area (Å²) >= 11 is 0. The Morgan fingerprint density at radius 1 is 0.741 bits per heavy atom. The molecule has 0 spiro atoms. The van der Waals surface area contributed by atoms with Crippen LogP contribution in [0.5, 0.6) is 0 Å². The molecule has 0 radical (unpaired) electrons. The average Bonchev–Trinajstić information content (AvgIpc) is 2.66. The van der Waals surface area contributed by atoms with Gasteiger partial charge in [-0.05, 0) is 25.0 Å². The molecule has 6 N–H and O–H groups in total. The zero-order chi connectivity index (χ0) is 21.3. The first-order chi connectivity index (χ1) is 12.7. The van der Waals surface area contributed by atoms with Crippen molar-refractivity contribution in [1.82, 2.24) is 0 Å². The zero-order valence-corrected chi connectivity index (χ0v) is 16.0. The highest BCUT2D eigenvalue weighted by atomic mass is 16.4. The summed E-state index contributed by atoms with van der Waals surface area (Å²) in [5.41, 5.74) is -0.685. The number of carboxylic acid groups (broad SMARTS) is 2. The van der Waals surface area contributed by atoms with E-state index in [-0.39, 0.29) is 43.0 Å². The molecule has 0 aliphatic rings. The van der Waals surface area contributed by atoms with E-state index in [0.717, 1.165) is 25.7 Å². The molecule has 0 saturated carbocycles. The van der Waals surface area contributed by atoms with Gasteiger partial charge in [0.1, 0.15) is 0 Å². The lowest BCUT2D eigenvalue weighted by atomic mass is 9.97. The molecule has 0 fully saturated rings. The van der Waals surface area contributed by atoms with Gasteiger partial charge in [-0.25, -0.2) is 9.59 Å². The summed E-state index contributed by atoms with van der Waals surface area (Å²) in [5, 5.41) is 50.6. The van der Waals surface area contributed by atoms with Crippen molar-refractivity contribution in [3.63, 3.8) is 0 Å². The summed E-state index contributed by atoms with van der Waals surface area (Å²) in [6, 6.07) is 5.48. The predicted molar refractivity (Wildman–Crippen MR) is 101 cm³/mol. The number of benzene rings is 1. The number of carbonyl (C=O) groups is 2. The quantitative estimate of drug-likeness (QED) is 0.349. The van der Waals surface area contributed by atoms with Gasteiger partial charge in [0.2, 0.25) is 0 Å². The van der Waals surface area contributed by atoms with Crippen LogP contribution in [0.25, 0.3) is 0 Å². The fourth-order valence-electron chi connectivity index (χ4n) is 1.48. The van der Waals surface area contributed by atoms with E-state index in [9.17, 15) is 9.59 Å². The van der Waals surface area contributed by atoms with E-state index in [2.05, 4.69) is 0 Å². The molecule has 1 aromatic rings. The van der Waals surface area contributed by atoms with Crippen LogP contribution < -0.4 is 0 Å². The highest BCUT2D eigenvalue weighted by molar-refractivity contribution is 6.01. The van der Waals surface area contributed by atoms with Crippen LogP contribution >= 0.6 is 0 Å². The molecular formula is C19H32O8. The monoisotopic (exact) mass is 388 g/mol. The normalized spacial score (nSPS) is 10.1. The van der Waals surface area contributed by atoms with E-state index >= 15 is 0 Å². The second kappa shape index (κ2) is 16.2. The van der Waals surface area contributed by atoms with Crippen molar-refractivity contribution < 1.29 is 40.2 Å². The number of rotatable bonds is 9. The Labute approximate surface area is 159 Å². The first kappa shape index (κ1) is 27.2. The maximum atomic E-state index is 10.5. The maximum Gasteiger partial charge on any atom is 0.336 e. The lowest BCUT2D eigenvalue weighted by molar-refractivity contribution is 0.0651. The molecule has 1 aromatic carbocycles. The van der Waals surface area contributed by atoms with Crippen molar-refractivity contribution in [2.75, 3.05) is 26.4 Å². The van der Waals surface area contributed by atoms with Gasteiger partial charge in [-0.2, -0.15) is 0 Å². The Hall–Kier alpha value is -2.00. The summed E-state index contributed by atoms with van der Waals surface area (Å²) in [6.07, 6.45) is 3.83. The number of aliphatic hydroxyl groups excluding tert-OH is 4. The van der Waals surface area contributed by atoms with Crippen molar-refractivity contribution >= 4 is 11.9 Å². The largest absolute Gasteiger partial charge is 0.478 e. The molecule has 1 rings (SSSR count). The predicted octanol–water partition coefficient (Wildman–Crippen LogP) is 1.61. The highest BCUT2D eigenvalue weighted by Gasteiger charge is 2.14. The molecule has 0 aromatic heterocycles. The minimum absolute atomic E-state index is 0.0451. The van der Waals surface area contributed by atoms with Gasteiger partial charge in [-0.1, -0.05) is 38.8 Å². The average molecular weight is 388 g/mol. The second-order valence-electron chi connectivity index (χ2n) is 6.50. The summed E-state index contributed by atoms with van der Waals surface area (Å²) in [6.45, 7) is 4.25. The van der Waals surface area contributed by atoms with Gasteiger partial charge in [0.15, 0.2) is 0 Å². The van der Waals surface area contributed by atoms with Crippen LogP contribution in [-0.2, 0) is 0 Å². The van der Waals surface area contributed by atoms with E-state index in [4.69, 9.17) is 30.6 Å². The number of unbranched alkanes of at least 4 members (excludes halogenated alkanes) is 3. The van der Waals surface area contributed by atoms with Gasteiger partial charge in [-0.3, -0.25) is 0 Å². The highest BCUT2D eigenvalue weighted by Crippen LogP contribution is 2.10. The van der Waals surface area contributed by atoms with Crippen molar-refractivity contribution in [3.8, 4) is 0 Å². The molecule has 0 atom stereocenters. The van der Waals surface area contributed by atoms with Gasteiger partial charge in [0.05, 0.1) is 24.3 Å². The number of aromatic carboxylic acids is 2. The van der Waals surface area contributed by atoms with Crippen LogP contribution in [0, 0.1) is 5.41 Å². The lowest BCUT2D eigenvalue weighted by Gasteiger charge is -2.16. The van der Waals surface area contributed by atoms with Crippen LogP contribution in [-0.4, -0.2) is 69.0 Å². The molecule has 156 valence electrons. The Bertz CT molecular complexity index is 483. The van der Waals surface area contributed by atoms with E-state index in [0.29, 0.717) is 0 Å². The van der Waals surface area contributed by atoms with E-state index < -0.39 is 11.9 Å². The number of hydrogen-bond donors (Lipinski definition) is 6. The molecule has 27 heavy (non-hydrogen) atoms. The Morgan fingerprint density at radius 2 is 1.07 bits per heavy atom. The smallest absolute Gasteiger partial charge is 0.336 e. The molecule has 0 aliphatic heterocycles. The molecular weight excluding hydrogens is 356 g/mol. The van der Waals surface area contributed by atoms with Crippen LogP contribution in [0.15, 0.2) is 24.3 Å². The van der Waals surface area contributed by atoms with Gasteiger partial charge in [0.25, 0.3) is 0 Å². The van der Waals surface area contributed by atoms with Crippen LogP contribution in [0.4, 0.5) is 0 Å². The number of hydrogen-bond acceptors (Lipinski definition) is 6. The van der Waals surface area contributed by atoms with Crippen molar-refractivity contribution in [3.05, 3.63) is 35.4 Å². The number of aliphatic hydroxyl groups is 4. The molecule has 0 aliphatic carbocycles. The number of carboxylic acids is 2. The molecule has 0 amide bonds. The molecule has 0 unspecified atom stereocenters. The second-order valence-corrected chi connectivity index (χ2v) is 6.50. The van der Waals surface area contributed by atoms with E-state index in [1.807, 2.05) is 0 Å². The van der Waals surface area contributed by atoms with Gasteiger partial charge < -0.3 is 30.6 Å². The van der Waals surface area contributed by atoms with E-state index in [1.165, 1.54) is 24.3 Å². The molecule has 8 heteroatoms. The summed E-state index contributed by atoms with van der Waals surface area (Å²) in [7, 11) is 0. The van der Waals surface area contributed by atoms with Crippen molar-refractivity contribution in [2.24, 2.45) is 5.41 Å². The summed E-state index contributed by atoms with van der Waals surface area (Å²) < 4.78 is 0. The first-order valence-corrected chi connectivity index (χ1v) is 8.65. The lowest BCUT2D eigenvalue weighted by Crippen LogP contribution is -2.20. The topological polar surface area (TPSA) is 156 Å². The standard InChI is InChI=1S/C8H6O4.C6H14O2.C5H12O2/c9-7(10)5-3-1-2-4-6(5)8(11)12;7-5-3-1-2-4-6-8;1-5(2,3-6)4-7/h1-4H,(H,9,10)(H,11,12);7-8H,1-6H2;6-7H,3-4H2,1-2H3. The van der Waals surface area contributed by atoms with Gasteiger partial charge in [0, 0.05) is 18.6 Å². The minimum atomic E-state index is -1.23. The third-order valence-electron chi connectivity index (χ3n) is 3.31. The third kappa shape index (κ3) is 14.8. The minimum Gasteiger partial charge on any atom is -0.478 e. The van der Waals surface area contributed by atoms with E-state index in [1.54, 1.807) is 13.8 Å². The summed E-state index contributed by atoms with van der Waals surface area (Å²) in [5.74, 6) is -2.46. The molecule has 0 saturated heterocycles. The molecule has 0 bridgehead atoms. The third-order valence-corrected chi connectivity index (χ3v) is 3.31. The Kier molecular flexibility index (Phi) is 16.3.